The summed E-state index contributed by atoms with van der Waals surface area (Å²) in [5.74, 6) is 0.455. The van der Waals surface area contributed by atoms with Gasteiger partial charge in [0.1, 0.15) is 0 Å². The summed E-state index contributed by atoms with van der Waals surface area (Å²) in [6.07, 6.45) is 6.83. The van der Waals surface area contributed by atoms with Crippen LogP contribution in [0.25, 0.3) is 0 Å². The van der Waals surface area contributed by atoms with Crippen LogP contribution in [0.4, 0.5) is 0 Å². The Bertz CT molecular complexity index is 236. The molecule has 2 rings (SSSR count). The Kier molecular flexibility index (Phi) is 2.24. The van der Waals surface area contributed by atoms with E-state index >= 15 is 0 Å². The van der Waals surface area contributed by atoms with Gasteiger partial charge in [-0.3, -0.25) is 9.69 Å². The molecule has 72 valence electrons. The van der Waals surface area contributed by atoms with Crippen molar-refractivity contribution in [2.75, 3.05) is 13.1 Å². The van der Waals surface area contributed by atoms with Gasteiger partial charge in [-0.2, -0.15) is 0 Å². The lowest BCUT2D eigenvalue weighted by molar-refractivity contribution is -0.132. The number of rotatable bonds is 2. The molecule has 0 N–H and O–H groups in total. The van der Waals surface area contributed by atoms with E-state index in [1.54, 1.807) is 0 Å². The van der Waals surface area contributed by atoms with Crippen molar-refractivity contribution in [3.8, 4) is 0 Å². The topological polar surface area (TPSA) is 20.3 Å². The van der Waals surface area contributed by atoms with E-state index < -0.39 is 0 Å². The molecule has 0 spiro atoms. The molecular formula is C11H17NO. The Balaban J connectivity index is 2.25. The van der Waals surface area contributed by atoms with Gasteiger partial charge in [-0.25, -0.2) is 0 Å². The van der Waals surface area contributed by atoms with Crippen LogP contribution in [0.3, 0.4) is 0 Å². The van der Waals surface area contributed by atoms with Crippen LogP contribution in [0.2, 0.25) is 0 Å². The second-order valence-electron chi connectivity index (χ2n) is 4.14. The van der Waals surface area contributed by atoms with E-state index in [2.05, 4.69) is 11.5 Å². The molecule has 2 heteroatoms. The van der Waals surface area contributed by atoms with Crippen molar-refractivity contribution in [2.24, 2.45) is 0 Å². The zero-order valence-electron chi connectivity index (χ0n) is 8.09. The predicted octanol–water partition coefficient (Wildman–Crippen LogP) is 1.76. The zero-order chi connectivity index (χ0) is 9.31. The molecule has 2 aliphatic rings. The Hall–Kier alpha value is -0.630. The smallest absolute Gasteiger partial charge is 0.153 e. The minimum atomic E-state index is -0.125. The number of Topliss-reactive ketones (excluding diaryl/α,β-unsaturated/α-hetero) is 1. The number of carbonyl (C=O) groups excluding carboxylic acids is 1. The molecule has 2 nitrogen and oxygen atoms in total. The summed E-state index contributed by atoms with van der Waals surface area (Å²) in [6.45, 7) is 5.99. The summed E-state index contributed by atoms with van der Waals surface area (Å²) in [5.41, 5.74) is -0.125. The lowest BCUT2D eigenvalue weighted by Gasteiger charge is -2.40. The van der Waals surface area contributed by atoms with Gasteiger partial charge in [-0.15, -0.1) is 6.58 Å². The SMILES string of the molecule is C=CCC12CCCN1CCCC2=O. The Labute approximate surface area is 79.6 Å². The molecule has 0 aromatic carbocycles. The molecule has 2 fully saturated rings. The van der Waals surface area contributed by atoms with Crippen LogP contribution in [-0.2, 0) is 4.79 Å². The van der Waals surface area contributed by atoms with Gasteiger partial charge in [-0.05, 0) is 38.8 Å². The molecule has 0 radical (unpaired) electrons. The molecule has 2 heterocycles. The Morgan fingerprint density at radius 2 is 2.23 bits per heavy atom. The predicted molar refractivity (Wildman–Crippen MR) is 52.6 cm³/mol. The van der Waals surface area contributed by atoms with Crippen molar-refractivity contribution in [1.82, 2.24) is 4.90 Å². The van der Waals surface area contributed by atoms with Gasteiger partial charge in [0, 0.05) is 6.42 Å². The summed E-state index contributed by atoms with van der Waals surface area (Å²) in [7, 11) is 0. The molecule has 2 saturated heterocycles. The molecule has 0 saturated carbocycles. The first-order valence-corrected chi connectivity index (χ1v) is 5.19. The number of fused-ring (bicyclic) bond motifs is 1. The van der Waals surface area contributed by atoms with Gasteiger partial charge < -0.3 is 0 Å². The highest BCUT2D eigenvalue weighted by Gasteiger charge is 2.47. The average molecular weight is 179 g/mol. The quantitative estimate of drug-likeness (QED) is 0.602. The minimum Gasteiger partial charge on any atom is -0.298 e. The number of ketones is 1. The van der Waals surface area contributed by atoms with Crippen LogP contribution >= 0.6 is 0 Å². The van der Waals surface area contributed by atoms with Crippen LogP contribution < -0.4 is 0 Å². The van der Waals surface area contributed by atoms with Gasteiger partial charge in [0.2, 0.25) is 0 Å². The van der Waals surface area contributed by atoms with E-state index in [4.69, 9.17) is 0 Å². The first-order valence-electron chi connectivity index (χ1n) is 5.19. The highest BCUT2D eigenvalue weighted by molar-refractivity contribution is 5.89. The van der Waals surface area contributed by atoms with Gasteiger partial charge in [0.15, 0.2) is 5.78 Å². The van der Waals surface area contributed by atoms with Gasteiger partial charge >= 0.3 is 0 Å². The van der Waals surface area contributed by atoms with Crippen LogP contribution in [0.5, 0.6) is 0 Å². The summed E-state index contributed by atoms with van der Waals surface area (Å²) in [5, 5.41) is 0. The molecule has 0 aliphatic carbocycles. The molecular weight excluding hydrogens is 162 g/mol. The first kappa shape index (κ1) is 8.95. The number of carbonyl (C=O) groups is 1. The number of hydrogen-bond acceptors (Lipinski definition) is 2. The normalized spacial score (nSPS) is 34.6. The van der Waals surface area contributed by atoms with Crippen molar-refractivity contribution in [3.05, 3.63) is 12.7 Å². The van der Waals surface area contributed by atoms with E-state index in [0.29, 0.717) is 5.78 Å². The van der Waals surface area contributed by atoms with Crippen molar-refractivity contribution in [2.45, 2.75) is 37.6 Å². The van der Waals surface area contributed by atoms with Crippen molar-refractivity contribution < 1.29 is 4.79 Å². The fraction of sp³-hybridized carbons (Fsp3) is 0.727. The number of piperidine rings is 1. The lowest BCUT2D eigenvalue weighted by atomic mass is 9.82. The van der Waals surface area contributed by atoms with Crippen molar-refractivity contribution >= 4 is 5.78 Å². The van der Waals surface area contributed by atoms with Crippen molar-refractivity contribution in [1.29, 1.82) is 0 Å². The molecule has 1 unspecified atom stereocenters. The zero-order valence-corrected chi connectivity index (χ0v) is 8.09. The van der Waals surface area contributed by atoms with Gasteiger partial charge in [0.25, 0.3) is 0 Å². The number of nitrogens with zero attached hydrogens (tertiary/aromatic N) is 1. The molecule has 2 aliphatic heterocycles. The summed E-state index contributed by atoms with van der Waals surface area (Å²) in [6, 6.07) is 0. The second kappa shape index (κ2) is 3.26. The maximum atomic E-state index is 11.9. The summed E-state index contributed by atoms with van der Waals surface area (Å²) >= 11 is 0. The fourth-order valence-electron chi connectivity index (χ4n) is 2.82. The molecule has 0 amide bonds. The third-order valence-corrected chi connectivity index (χ3v) is 3.46. The van der Waals surface area contributed by atoms with Crippen LogP contribution in [0, 0.1) is 0 Å². The van der Waals surface area contributed by atoms with E-state index in [1.807, 2.05) is 6.08 Å². The fourth-order valence-corrected chi connectivity index (χ4v) is 2.82. The third kappa shape index (κ3) is 1.24. The minimum absolute atomic E-state index is 0.125. The second-order valence-corrected chi connectivity index (χ2v) is 4.14. The lowest BCUT2D eigenvalue weighted by Crippen LogP contribution is -2.53. The largest absolute Gasteiger partial charge is 0.298 e. The molecule has 0 aromatic rings. The van der Waals surface area contributed by atoms with Crippen LogP contribution in [-0.4, -0.2) is 29.3 Å². The van der Waals surface area contributed by atoms with Crippen LogP contribution in [0.1, 0.15) is 32.1 Å². The first-order chi connectivity index (χ1) is 6.29. The van der Waals surface area contributed by atoms with Gasteiger partial charge in [0.05, 0.1) is 5.54 Å². The van der Waals surface area contributed by atoms with Crippen LogP contribution in [0.15, 0.2) is 12.7 Å². The van der Waals surface area contributed by atoms with E-state index in [-0.39, 0.29) is 5.54 Å². The molecule has 13 heavy (non-hydrogen) atoms. The molecule has 1 atom stereocenters. The number of hydrogen-bond donors (Lipinski definition) is 0. The third-order valence-electron chi connectivity index (χ3n) is 3.46. The maximum absolute atomic E-state index is 11.9. The maximum Gasteiger partial charge on any atom is 0.153 e. The standard InChI is InChI=1S/C11H17NO/c1-2-6-11-7-4-9-12(11)8-3-5-10(11)13/h2H,1,3-9H2. The summed E-state index contributed by atoms with van der Waals surface area (Å²) in [4.78, 5) is 14.3. The van der Waals surface area contributed by atoms with E-state index in [9.17, 15) is 4.79 Å². The van der Waals surface area contributed by atoms with E-state index in [0.717, 1.165) is 38.8 Å². The average Bonchev–Trinajstić information content (AvgIpc) is 2.51. The Morgan fingerprint density at radius 3 is 3.00 bits per heavy atom. The summed E-state index contributed by atoms with van der Waals surface area (Å²) < 4.78 is 0. The van der Waals surface area contributed by atoms with Crippen molar-refractivity contribution in [3.63, 3.8) is 0 Å². The van der Waals surface area contributed by atoms with Gasteiger partial charge in [-0.1, -0.05) is 6.08 Å². The Morgan fingerprint density at radius 1 is 1.46 bits per heavy atom. The van der Waals surface area contributed by atoms with E-state index in [1.165, 1.54) is 6.42 Å². The molecule has 0 bridgehead atoms. The highest BCUT2D eigenvalue weighted by atomic mass is 16.1. The highest BCUT2D eigenvalue weighted by Crippen LogP contribution is 2.37. The molecule has 0 aromatic heterocycles. The monoisotopic (exact) mass is 179 g/mol.